The summed E-state index contributed by atoms with van der Waals surface area (Å²) in [5.41, 5.74) is 1.00. The molecule has 0 saturated heterocycles. The Hall–Kier alpha value is -0.630. The second kappa shape index (κ2) is 4.26. The highest BCUT2D eigenvalue weighted by molar-refractivity contribution is 6.17. The summed E-state index contributed by atoms with van der Waals surface area (Å²) < 4.78 is 0. The van der Waals surface area contributed by atoms with E-state index >= 15 is 0 Å². The summed E-state index contributed by atoms with van der Waals surface area (Å²) in [7, 11) is 0. The quantitative estimate of drug-likeness (QED) is 0.701. The lowest BCUT2D eigenvalue weighted by Crippen LogP contribution is -2.01. The Labute approximate surface area is 89.7 Å². The van der Waals surface area contributed by atoms with Crippen LogP contribution < -0.4 is 0 Å². The fraction of sp³-hybridized carbons (Fsp3) is 0.636. The molecular weight excluding hydrogens is 196 g/mol. The van der Waals surface area contributed by atoms with Crippen LogP contribution in [0.15, 0.2) is 12.4 Å². The van der Waals surface area contributed by atoms with Crippen molar-refractivity contribution in [3.63, 3.8) is 0 Å². The van der Waals surface area contributed by atoms with Gasteiger partial charge in [-0.1, -0.05) is 6.92 Å². The molecule has 14 heavy (non-hydrogen) atoms. The van der Waals surface area contributed by atoms with E-state index in [0.717, 1.165) is 17.3 Å². The highest BCUT2D eigenvalue weighted by Crippen LogP contribution is 2.36. The average Bonchev–Trinajstić information content (AvgIpc) is 2.65. The van der Waals surface area contributed by atoms with Crippen LogP contribution in [0.25, 0.3) is 0 Å². The van der Waals surface area contributed by atoms with Crippen molar-refractivity contribution in [3.8, 4) is 0 Å². The summed E-state index contributed by atoms with van der Waals surface area (Å²) in [4.78, 5) is 8.74. The third-order valence-corrected chi connectivity index (χ3v) is 3.25. The van der Waals surface area contributed by atoms with Gasteiger partial charge in [0.15, 0.2) is 0 Å². The van der Waals surface area contributed by atoms with Gasteiger partial charge in [0, 0.05) is 23.9 Å². The SMILES string of the molecule is CC1CCC(c2ncc(CCl)cn2)C1. The van der Waals surface area contributed by atoms with Crippen molar-refractivity contribution in [1.29, 1.82) is 0 Å². The molecular formula is C11H15ClN2. The van der Waals surface area contributed by atoms with Crippen LogP contribution in [0.1, 0.15) is 43.5 Å². The van der Waals surface area contributed by atoms with Crippen molar-refractivity contribution < 1.29 is 0 Å². The van der Waals surface area contributed by atoms with Crippen LogP contribution in [0.5, 0.6) is 0 Å². The number of rotatable bonds is 2. The molecule has 0 N–H and O–H groups in total. The minimum atomic E-state index is 0.501. The molecule has 3 heteroatoms. The topological polar surface area (TPSA) is 25.8 Å². The third-order valence-electron chi connectivity index (χ3n) is 2.94. The van der Waals surface area contributed by atoms with Gasteiger partial charge < -0.3 is 0 Å². The van der Waals surface area contributed by atoms with E-state index in [4.69, 9.17) is 11.6 Å². The molecule has 2 rings (SSSR count). The molecule has 0 bridgehead atoms. The van der Waals surface area contributed by atoms with Gasteiger partial charge in [0.05, 0.1) is 5.88 Å². The number of nitrogens with zero attached hydrogens (tertiary/aromatic N) is 2. The first-order chi connectivity index (χ1) is 6.79. The Morgan fingerprint density at radius 3 is 2.57 bits per heavy atom. The van der Waals surface area contributed by atoms with E-state index in [1.807, 2.05) is 12.4 Å². The van der Waals surface area contributed by atoms with E-state index in [9.17, 15) is 0 Å². The van der Waals surface area contributed by atoms with E-state index in [-0.39, 0.29) is 0 Å². The molecule has 1 heterocycles. The van der Waals surface area contributed by atoms with Crippen LogP contribution in [-0.2, 0) is 5.88 Å². The van der Waals surface area contributed by atoms with Gasteiger partial charge in [-0.2, -0.15) is 0 Å². The number of halogens is 1. The van der Waals surface area contributed by atoms with Crippen molar-refractivity contribution in [3.05, 3.63) is 23.8 Å². The van der Waals surface area contributed by atoms with Crippen molar-refractivity contribution in [2.75, 3.05) is 0 Å². The largest absolute Gasteiger partial charge is 0.241 e. The van der Waals surface area contributed by atoms with Crippen LogP contribution in [-0.4, -0.2) is 9.97 Å². The van der Waals surface area contributed by atoms with Crippen LogP contribution in [0.2, 0.25) is 0 Å². The second-order valence-corrected chi connectivity index (χ2v) is 4.47. The van der Waals surface area contributed by atoms with E-state index < -0.39 is 0 Å². The van der Waals surface area contributed by atoms with Crippen LogP contribution >= 0.6 is 11.6 Å². The molecule has 2 unspecified atom stereocenters. The monoisotopic (exact) mass is 210 g/mol. The molecule has 1 aromatic rings. The molecule has 0 amide bonds. The third kappa shape index (κ3) is 2.06. The summed E-state index contributed by atoms with van der Waals surface area (Å²) in [6.07, 6.45) is 7.48. The summed E-state index contributed by atoms with van der Waals surface area (Å²) in [5.74, 6) is 2.91. The van der Waals surface area contributed by atoms with Crippen LogP contribution in [0.3, 0.4) is 0 Å². The van der Waals surface area contributed by atoms with Gasteiger partial charge in [-0.05, 0) is 25.2 Å². The molecule has 2 nitrogen and oxygen atoms in total. The van der Waals surface area contributed by atoms with Gasteiger partial charge in [-0.3, -0.25) is 0 Å². The van der Waals surface area contributed by atoms with Crippen LogP contribution in [0.4, 0.5) is 0 Å². The average molecular weight is 211 g/mol. The molecule has 76 valence electrons. The maximum absolute atomic E-state index is 5.68. The molecule has 0 radical (unpaired) electrons. The smallest absolute Gasteiger partial charge is 0.131 e. The standard InChI is InChI=1S/C11H15ClN2/c1-8-2-3-10(4-8)11-13-6-9(5-12)7-14-11/h6-8,10H,2-5H2,1H3. The summed E-state index contributed by atoms with van der Waals surface area (Å²) in [5, 5.41) is 0. The minimum Gasteiger partial charge on any atom is -0.241 e. The molecule has 1 saturated carbocycles. The molecule has 1 aromatic heterocycles. The Morgan fingerprint density at radius 1 is 1.36 bits per heavy atom. The predicted octanol–water partition coefficient (Wildman–Crippen LogP) is 3.12. The zero-order valence-electron chi connectivity index (χ0n) is 8.41. The number of hydrogen-bond donors (Lipinski definition) is 0. The van der Waals surface area contributed by atoms with Crippen molar-refractivity contribution in [1.82, 2.24) is 9.97 Å². The summed E-state index contributed by atoms with van der Waals surface area (Å²) in [6.45, 7) is 2.30. The maximum Gasteiger partial charge on any atom is 0.131 e. The highest BCUT2D eigenvalue weighted by Gasteiger charge is 2.24. The first-order valence-electron chi connectivity index (χ1n) is 5.16. The molecule has 0 spiro atoms. The van der Waals surface area contributed by atoms with Crippen LogP contribution in [0, 0.1) is 5.92 Å². The number of aromatic nitrogens is 2. The van der Waals surface area contributed by atoms with E-state index in [1.165, 1.54) is 19.3 Å². The first kappa shape index (κ1) is 9.91. The highest BCUT2D eigenvalue weighted by atomic mass is 35.5. The second-order valence-electron chi connectivity index (χ2n) is 4.20. The Morgan fingerprint density at radius 2 is 2.07 bits per heavy atom. The fourth-order valence-electron chi connectivity index (χ4n) is 2.09. The lowest BCUT2D eigenvalue weighted by molar-refractivity contribution is 0.585. The van der Waals surface area contributed by atoms with Gasteiger partial charge in [-0.15, -0.1) is 11.6 Å². The minimum absolute atomic E-state index is 0.501. The maximum atomic E-state index is 5.68. The molecule has 1 aliphatic carbocycles. The summed E-state index contributed by atoms with van der Waals surface area (Å²) in [6, 6.07) is 0. The zero-order chi connectivity index (χ0) is 9.97. The Bertz CT molecular complexity index is 297. The van der Waals surface area contributed by atoms with E-state index in [2.05, 4.69) is 16.9 Å². The van der Waals surface area contributed by atoms with Gasteiger partial charge in [0.25, 0.3) is 0 Å². The Kier molecular flexibility index (Phi) is 3.02. The first-order valence-corrected chi connectivity index (χ1v) is 5.70. The van der Waals surface area contributed by atoms with Gasteiger partial charge in [0.1, 0.15) is 5.82 Å². The van der Waals surface area contributed by atoms with Crippen molar-refractivity contribution in [2.24, 2.45) is 5.92 Å². The molecule has 1 aliphatic rings. The fourth-order valence-corrected chi connectivity index (χ4v) is 2.22. The molecule has 0 aliphatic heterocycles. The molecule has 1 fully saturated rings. The lowest BCUT2D eigenvalue weighted by atomic mass is 10.1. The lowest BCUT2D eigenvalue weighted by Gasteiger charge is -2.07. The molecule has 2 atom stereocenters. The van der Waals surface area contributed by atoms with E-state index in [0.29, 0.717) is 11.8 Å². The van der Waals surface area contributed by atoms with Gasteiger partial charge in [0.2, 0.25) is 0 Å². The predicted molar refractivity (Wildman–Crippen MR) is 57.3 cm³/mol. The Balaban J connectivity index is 2.09. The van der Waals surface area contributed by atoms with Gasteiger partial charge in [-0.25, -0.2) is 9.97 Å². The normalized spacial score (nSPS) is 26.7. The number of alkyl halides is 1. The van der Waals surface area contributed by atoms with Gasteiger partial charge >= 0.3 is 0 Å². The number of hydrogen-bond acceptors (Lipinski definition) is 2. The van der Waals surface area contributed by atoms with Crippen molar-refractivity contribution in [2.45, 2.75) is 38.0 Å². The molecule has 0 aromatic carbocycles. The van der Waals surface area contributed by atoms with E-state index in [1.54, 1.807) is 0 Å². The summed E-state index contributed by atoms with van der Waals surface area (Å²) >= 11 is 5.68. The van der Waals surface area contributed by atoms with Crippen molar-refractivity contribution >= 4 is 11.6 Å². The zero-order valence-corrected chi connectivity index (χ0v) is 9.17.